The molecule has 3 aromatic rings. The van der Waals surface area contributed by atoms with Crippen LogP contribution < -0.4 is 11.1 Å². The molecule has 0 aliphatic rings. The van der Waals surface area contributed by atoms with Crippen molar-refractivity contribution in [2.24, 2.45) is 14.1 Å². The minimum atomic E-state index is -1.10. The molecular weight excluding hydrogens is 442 g/mol. The topological polar surface area (TPSA) is 175 Å². The van der Waals surface area contributed by atoms with Crippen LogP contribution in [0.5, 0.6) is 11.8 Å². The first-order valence-corrected chi connectivity index (χ1v) is 9.87. The number of hydrogen-bond acceptors (Lipinski definition) is 8. The van der Waals surface area contributed by atoms with Crippen molar-refractivity contribution >= 4 is 5.69 Å². The van der Waals surface area contributed by atoms with Crippen molar-refractivity contribution in [1.29, 1.82) is 10.5 Å². The van der Waals surface area contributed by atoms with Gasteiger partial charge in [-0.25, -0.2) is 0 Å². The molecular formula is C23H19N5O6. The quantitative estimate of drug-likeness (QED) is 0.437. The van der Waals surface area contributed by atoms with Crippen LogP contribution in [-0.4, -0.2) is 24.3 Å². The molecule has 0 saturated carbocycles. The van der Waals surface area contributed by atoms with E-state index in [4.69, 9.17) is 0 Å². The van der Waals surface area contributed by atoms with E-state index in [-0.39, 0.29) is 39.1 Å². The Morgan fingerprint density at radius 1 is 0.882 bits per heavy atom. The molecule has 0 amide bonds. The number of non-ortho nitro benzene ring substituents is 1. The van der Waals surface area contributed by atoms with Crippen LogP contribution in [0.1, 0.15) is 44.9 Å². The third kappa shape index (κ3) is 3.45. The Labute approximate surface area is 192 Å². The van der Waals surface area contributed by atoms with Crippen molar-refractivity contribution in [2.45, 2.75) is 19.8 Å². The summed E-state index contributed by atoms with van der Waals surface area (Å²) in [5, 5.41) is 52.2. The van der Waals surface area contributed by atoms with Crippen molar-refractivity contribution in [2.75, 3.05) is 0 Å². The molecule has 34 heavy (non-hydrogen) atoms. The molecule has 2 heterocycles. The lowest BCUT2D eigenvalue weighted by molar-refractivity contribution is -0.384. The second kappa shape index (κ2) is 8.56. The predicted molar refractivity (Wildman–Crippen MR) is 120 cm³/mol. The molecule has 3 rings (SSSR count). The summed E-state index contributed by atoms with van der Waals surface area (Å²) in [5.41, 5.74) is -1.45. The first-order valence-electron chi connectivity index (χ1n) is 9.87. The van der Waals surface area contributed by atoms with Crippen LogP contribution in [-0.2, 0) is 14.1 Å². The lowest BCUT2D eigenvalue weighted by Gasteiger charge is -2.26. The molecule has 0 bridgehead atoms. The Morgan fingerprint density at radius 2 is 1.26 bits per heavy atom. The maximum absolute atomic E-state index is 12.5. The first kappa shape index (κ1) is 23.8. The number of nitro groups is 1. The number of nitriles is 2. The molecule has 0 unspecified atom stereocenters. The highest BCUT2D eigenvalue weighted by molar-refractivity contribution is 5.60. The number of benzene rings is 1. The third-order valence-electron chi connectivity index (χ3n) is 5.95. The van der Waals surface area contributed by atoms with Crippen LogP contribution in [0.4, 0.5) is 5.69 Å². The standard InChI is InChI=1S/C23H19N5O6/c1-11-15(9-24)20(29)26(3)22(31)17(11)19(13-5-7-14(8-6-13)28(33)34)18-12(2)16(10-25)21(30)27(4)23(18)32/h5-8,19,31-32H,1-4H3. The number of hydrogen-bond donors (Lipinski definition) is 2. The summed E-state index contributed by atoms with van der Waals surface area (Å²) < 4.78 is 1.75. The molecule has 0 aliphatic heterocycles. The Bertz CT molecular complexity index is 1460. The molecule has 0 aliphatic carbocycles. The highest BCUT2D eigenvalue weighted by Gasteiger charge is 2.32. The van der Waals surface area contributed by atoms with Crippen LogP contribution in [0.3, 0.4) is 0 Å². The van der Waals surface area contributed by atoms with E-state index in [2.05, 4.69) is 0 Å². The van der Waals surface area contributed by atoms with Gasteiger partial charge in [-0.15, -0.1) is 0 Å². The first-order chi connectivity index (χ1) is 16.0. The van der Waals surface area contributed by atoms with Crippen LogP contribution >= 0.6 is 0 Å². The minimum absolute atomic E-state index is 0.0634. The maximum atomic E-state index is 12.5. The van der Waals surface area contributed by atoms with Gasteiger partial charge in [0.1, 0.15) is 23.3 Å². The van der Waals surface area contributed by atoms with Crippen LogP contribution in [0.2, 0.25) is 0 Å². The molecule has 0 fully saturated rings. The second-order valence-corrected chi connectivity index (χ2v) is 7.71. The van der Waals surface area contributed by atoms with Gasteiger partial charge >= 0.3 is 0 Å². The SMILES string of the molecule is Cc1c(C(c2ccc([N+](=O)[O-])cc2)c2c(C)c(C#N)c(=O)n(C)c2O)c(O)n(C)c(=O)c1C#N. The highest BCUT2D eigenvalue weighted by atomic mass is 16.6. The number of rotatable bonds is 4. The number of aromatic nitrogens is 2. The lowest BCUT2D eigenvalue weighted by Crippen LogP contribution is -2.27. The normalized spacial score (nSPS) is 10.7. The van der Waals surface area contributed by atoms with Gasteiger partial charge in [0, 0.05) is 43.3 Å². The Kier molecular flexibility index (Phi) is 5.98. The maximum Gasteiger partial charge on any atom is 0.271 e. The second-order valence-electron chi connectivity index (χ2n) is 7.71. The number of nitrogens with zero attached hydrogens (tertiary/aromatic N) is 5. The van der Waals surface area contributed by atoms with E-state index in [1.165, 1.54) is 52.2 Å². The lowest BCUT2D eigenvalue weighted by atomic mass is 9.80. The van der Waals surface area contributed by atoms with E-state index in [1.807, 2.05) is 12.1 Å². The molecule has 0 radical (unpaired) electrons. The zero-order valence-corrected chi connectivity index (χ0v) is 18.7. The van der Waals surface area contributed by atoms with Gasteiger partial charge in [-0.1, -0.05) is 12.1 Å². The Balaban J connectivity index is 2.57. The van der Waals surface area contributed by atoms with Crippen LogP contribution in [0.15, 0.2) is 33.9 Å². The van der Waals surface area contributed by atoms with Gasteiger partial charge in [-0.2, -0.15) is 10.5 Å². The van der Waals surface area contributed by atoms with Gasteiger partial charge in [0.25, 0.3) is 16.8 Å². The van der Waals surface area contributed by atoms with E-state index >= 15 is 0 Å². The number of aromatic hydroxyl groups is 2. The minimum Gasteiger partial charge on any atom is -0.494 e. The number of nitro benzene ring substituents is 1. The van der Waals surface area contributed by atoms with Crippen LogP contribution in [0.25, 0.3) is 0 Å². The van der Waals surface area contributed by atoms with E-state index in [0.717, 1.165) is 9.13 Å². The molecule has 0 atom stereocenters. The third-order valence-corrected chi connectivity index (χ3v) is 5.95. The van der Waals surface area contributed by atoms with E-state index in [9.17, 15) is 40.4 Å². The van der Waals surface area contributed by atoms with Gasteiger partial charge in [0.05, 0.1) is 4.92 Å². The number of pyridine rings is 2. The van der Waals surface area contributed by atoms with E-state index in [0.29, 0.717) is 5.56 Å². The Hall–Kier alpha value is -4.90. The molecule has 1 aromatic carbocycles. The molecule has 11 nitrogen and oxygen atoms in total. The van der Waals surface area contributed by atoms with Crippen molar-refractivity contribution < 1.29 is 15.1 Å². The fourth-order valence-corrected chi connectivity index (χ4v) is 4.04. The predicted octanol–water partition coefficient (Wildman–Crippen LogP) is 1.94. The molecule has 2 aromatic heterocycles. The van der Waals surface area contributed by atoms with Gasteiger partial charge in [-0.05, 0) is 30.5 Å². The summed E-state index contributed by atoms with van der Waals surface area (Å²) in [7, 11) is 2.53. The Morgan fingerprint density at radius 3 is 1.59 bits per heavy atom. The largest absolute Gasteiger partial charge is 0.494 e. The summed E-state index contributed by atoms with van der Waals surface area (Å²) in [6.45, 7) is 2.90. The molecule has 2 N–H and O–H groups in total. The van der Waals surface area contributed by atoms with Crippen LogP contribution in [0, 0.1) is 46.6 Å². The van der Waals surface area contributed by atoms with E-state index in [1.54, 1.807) is 0 Å². The average Bonchev–Trinajstić information content (AvgIpc) is 2.81. The average molecular weight is 461 g/mol. The zero-order chi connectivity index (χ0) is 25.5. The molecule has 0 saturated heterocycles. The highest BCUT2D eigenvalue weighted by Crippen LogP contribution is 2.43. The molecule has 0 spiro atoms. The summed E-state index contributed by atoms with van der Waals surface area (Å²) in [6.07, 6.45) is 0. The summed E-state index contributed by atoms with van der Waals surface area (Å²) in [5.74, 6) is -2.11. The molecule has 172 valence electrons. The monoisotopic (exact) mass is 461 g/mol. The summed E-state index contributed by atoms with van der Waals surface area (Å²) in [4.78, 5) is 35.6. The van der Waals surface area contributed by atoms with Gasteiger partial charge < -0.3 is 10.2 Å². The van der Waals surface area contributed by atoms with Gasteiger partial charge in [0.2, 0.25) is 0 Å². The fraction of sp³-hybridized carbons (Fsp3) is 0.217. The van der Waals surface area contributed by atoms with Gasteiger partial charge in [-0.3, -0.25) is 28.8 Å². The van der Waals surface area contributed by atoms with Gasteiger partial charge in [0.15, 0.2) is 11.8 Å². The fourth-order valence-electron chi connectivity index (χ4n) is 4.04. The van der Waals surface area contributed by atoms with Crippen molar-refractivity contribution in [1.82, 2.24) is 9.13 Å². The zero-order valence-electron chi connectivity index (χ0n) is 18.7. The molecule has 11 heteroatoms. The summed E-state index contributed by atoms with van der Waals surface area (Å²) >= 11 is 0. The van der Waals surface area contributed by atoms with Crippen molar-refractivity contribution in [3.63, 3.8) is 0 Å². The van der Waals surface area contributed by atoms with Crippen molar-refractivity contribution in [3.8, 4) is 23.9 Å². The van der Waals surface area contributed by atoms with Crippen molar-refractivity contribution in [3.05, 3.63) is 94.0 Å². The van der Waals surface area contributed by atoms with E-state index < -0.39 is 33.7 Å². The smallest absolute Gasteiger partial charge is 0.271 e. The summed E-state index contributed by atoms with van der Waals surface area (Å²) in [6, 6.07) is 8.89.